The minimum absolute atomic E-state index is 0.185. The highest BCUT2D eigenvalue weighted by atomic mass is 16.2. The molecule has 2 heterocycles. The van der Waals surface area contributed by atoms with Gasteiger partial charge in [-0.25, -0.2) is 0 Å². The minimum atomic E-state index is -0.185. The highest BCUT2D eigenvalue weighted by Gasteiger charge is 2.44. The zero-order valence-corrected chi connectivity index (χ0v) is 16.8. The van der Waals surface area contributed by atoms with E-state index in [1.807, 2.05) is 17.0 Å². The number of benzene rings is 2. The average Bonchev–Trinajstić information content (AvgIpc) is 3.54. The SMILES string of the molecule is O=C1CCC(c2ccccc2)(c2ccccc2)CN1CC1CC(=O)N(C2CC2)C1. The molecule has 1 atom stereocenters. The van der Waals surface area contributed by atoms with Gasteiger partial charge in [0.05, 0.1) is 0 Å². The molecule has 0 aromatic heterocycles. The van der Waals surface area contributed by atoms with Crippen LogP contribution in [-0.2, 0) is 15.0 Å². The Kier molecular flexibility index (Phi) is 4.65. The lowest BCUT2D eigenvalue weighted by atomic mass is 9.69. The van der Waals surface area contributed by atoms with E-state index in [9.17, 15) is 9.59 Å². The van der Waals surface area contributed by atoms with Crippen LogP contribution < -0.4 is 0 Å². The molecule has 4 nitrogen and oxygen atoms in total. The van der Waals surface area contributed by atoms with Crippen LogP contribution in [0, 0.1) is 5.92 Å². The molecule has 150 valence electrons. The fourth-order valence-corrected chi connectivity index (χ4v) is 5.27. The second-order valence-corrected chi connectivity index (χ2v) is 8.94. The molecule has 2 aliphatic heterocycles. The first kappa shape index (κ1) is 18.4. The van der Waals surface area contributed by atoms with Gasteiger partial charge in [-0.3, -0.25) is 9.59 Å². The van der Waals surface area contributed by atoms with Crippen molar-refractivity contribution in [3.63, 3.8) is 0 Å². The molecule has 2 amide bonds. The van der Waals surface area contributed by atoms with E-state index in [4.69, 9.17) is 0 Å². The third-order valence-corrected chi connectivity index (χ3v) is 6.94. The summed E-state index contributed by atoms with van der Waals surface area (Å²) in [5.41, 5.74) is 2.35. The Morgan fingerprint density at radius 1 is 0.862 bits per heavy atom. The Bertz CT molecular complexity index is 852. The van der Waals surface area contributed by atoms with Crippen LogP contribution in [-0.4, -0.2) is 47.3 Å². The van der Waals surface area contributed by atoms with Gasteiger partial charge >= 0.3 is 0 Å². The van der Waals surface area contributed by atoms with Gasteiger partial charge in [0.2, 0.25) is 11.8 Å². The molecule has 1 saturated carbocycles. The van der Waals surface area contributed by atoms with Crippen LogP contribution in [0.2, 0.25) is 0 Å². The summed E-state index contributed by atoms with van der Waals surface area (Å²) in [7, 11) is 0. The summed E-state index contributed by atoms with van der Waals surface area (Å²) in [5.74, 6) is 0.763. The molecule has 5 rings (SSSR count). The fraction of sp³-hybridized carbons (Fsp3) is 0.440. The van der Waals surface area contributed by atoms with Crippen LogP contribution in [0.25, 0.3) is 0 Å². The summed E-state index contributed by atoms with van der Waals surface area (Å²) in [6.45, 7) is 2.19. The Labute approximate surface area is 172 Å². The maximum absolute atomic E-state index is 12.9. The smallest absolute Gasteiger partial charge is 0.223 e. The largest absolute Gasteiger partial charge is 0.341 e. The maximum atomic E-state index is 12.9. The number of nitrogens with zero attached hydrogens (tertiary/aromatic N) is 2. The quantitative estimate of drug-likeness (QED) is 0.785. The van der Waals surface area contributed by atoms with E-state index in [1.165, 1.54) is 11.1 Å². The minimum Gasteiger partial charge on any atom is -0.341 e. The van der Waals surface area contributed by atoms with Crippen molar-refractivity contribution in [3.05, 3.63) is 71.8 Å². The summed E-state index contributed by atoms with van der Waals surface area (Å²) in [5, 5.41) is 0. The van der Waals surface area contributed by atoms with Crippen molar-refractivity contribution in [1.29, 1.82) is 0 Å². The number of hydrogen-bond acceptors (Lipinski definition) is 2. The fourth-order valence-electron chi connectivity index (χ4n) is 5.27. The number of carbonyl (C=O) groups excluding carboxylic acids is 2. The first-order valence-electron chi connectivity index (χ1n) is 10.8. The van der Waals surface area contributed by atoms with Crippen molar-refractivity contribution in [2.24, 2.45) is 5.92 Å². The summed E-state index contributed by atoms with van der Waals surface area (Å²) in [6.07, 6.45) is 4.26. The molecule has 0 spiro atoms. The molecule has 2 saturated heterocycles. The first-order chi connectivity index (χ1) is 14.2. The number of amides is 2. The van der Waals surface area contributed by atoms with Gasteiger partial charge in [-0.05, 0) is 30.4 Å². The van der Waals surface area contributed by atoms with Crippen molar-refractivity contribution in [1.82, 2.24) is 9.80 Å². The van der Waals surface area contributed by atoms with Crippen LogP contribution in [0.1, 0.15) is 43.2 Å². The van der Waals surface area contributed by atoms with E-state index in [-0.39, 0.29) is 23.1 Å². The van der Waals surface area contributed by atoms with E-state index in [2.05, 4.69) is 53.4 Å². The molecule has 4 heteroatoms. The van der Waals surface area contributed by atoms with Gasteiger partial charge in [0, 0.05) is 49.9 Å². The summed E-state index contributed by atoms with van der Waals surface area (Å²) in [6, 6.07) is 21.7. The molecule has 0 N–H and O–H groups in total. The van der Waals surface area contributed by atoms with E-state index in [1.54, 1.807) is 0 Å². The van der Waals surface area contributed by atoms with Gasteiger partial charge in [0.1, 0.15) is 0 Å². The van der Waals surface area contributed by atoms with E-state index in [0.29, 0.717) is 32.0 Å². The van der Waals surface area contributed by atoms with Gasteiger partial charge in [-0.15, -0.1) is 0 Å². The van der Waals surface area contributed by atoms with E-state index < -0.39 is 0 Å². The van der Waals surface area contributed by atoms with Crippen molar-refractivity contribution in [2.45, 2.75) is 43.6 Å². The van der Waals surface area contributed by atoms with Crippen LogP contribution in [0.5, 0.6) is 0 Å². The highest BCUT2D eigenvalue weighted by Crippen LogP contribution is 2.41. The van der Waals surface area contributed by atoms with Gasteiger partial charge in [-0.2, -0.15) is 0 Å². The van der Waals surface area contributed by atoms with Crippen molar-refractivity contribution < 1.29 is 9.59 Å². The molecular weight excluding hydrogens is 360 g/mol. The lowest BCUT2D eigenvalue weighted by molar-refractivity contribution is -0.135. The van der Waals surface area contributed by atoms with Gasteiger partial charge in [0.25, 0.3) is 0 Å². The normalized spacial score (nSPS) is 24.2. The number of likely N-dealkylation sites (tertiary alicyclic amines) is 2. The lowest BCUT2D eigenvalue weighted by Crippen LogP contribution is -2.51. The maximum Gasteiger partial charge on any atom is 0.223 e. The molecule has 1 aliphatic carbocycles. The molecule has 0 bridgehead atoms. The predicted molar refractivity (Wildman–Crippen MR) is 112 cm³/mol. The molecule has 2 aromatic carbocycles. The molecule has 29 heavy (non-hydrogen) atoms. The van der Waals surface area contributed by atoms with Gasteiger partial charge < -0.3 is 9.80 Å². The van der Waals surface area contributed by atoms with Crippen LogP contribution in [0.15, 0.2) is 60.7 Å². The second-order valence-electron chi connectivity index (χ2n) is 8.94. The van der Waals surface area contributed by atoms with Crippen LogP contribution in [0.4, 0.5) is 0 Å². The zero-order chi connectivity index (χ0) is 19.8. The van der Waals surface area contributed by atoms with Crippen molar-refractivity contribution >= 4 is 11.8 Å². The number of piperidine rings is 1. The highest BCUT2D eigenvalue weighted by molar-refractivity contribution is 5.80. The molecule has 0 radical (unpaired) electrons. The number of carbonyl (C=O) groups is 2. The average molecular weight is 389 g/mol. The van der Waals surface area contributed by atoms with E-state index >= 15 is 0 Å². The molecule has 3 fully saturated rings. The number of hydrogen-bond donors (Lipinski definition) is 0. The van der Waals surface area contributed by atoms with Crippen LogP contribution in [0.3, 0.4) is 0 Å². The third kappa shape index (κ3) is 3.45. The molecular formula is C25H28N2O2. The molecule has 1 unspecified atom stereocenters. The lowest BCUT2D eigenvalue weighted by Gasteiger charge is -2.44. The Hall–Kier alpha value is -2.62. The summed E-state index contributed by atoms with van der Waals surface area (Å²) >= 11 is 0. The van der Waals surface area contributed by atoms with Gasteiger partial charge in [0.15, 0.2) is 0 Å². The number of rotatable bonds is 5. The predicted octanol–water partition coefficient (Wildman–Crippen LogP) is 3.61. The zero-order valence-electron chi connectivity index (χ0n) is 16.8. The Morgan fingerprint density at radius 2 is 1.48 bits per heavy atom. The summed E-state index contributed by atoms with van der Waals surface area (Å²) in [4.78, 5) is 29.3. The summed E-state index contributed by atoms with van der Waals surface area (Å²) < 4.78 is 0. The molecule has 2 aromatic rings. The third-order valence-electron chi connectivity index (χ3n) is 6.94. The standard InChI is InChI=1S/C25H28N2O2/c28-23-13-14-25(20-7-3-1-4-8-20,21-9-5-2-6-10-21)18-26(23)16-19-15-24(29)27(17-19)22-11-12-22/h1-10,19,22H,11-18H2. The topological polar surface area (TPSA) is 40.6 Å². The Morgan fingerprint density at radius 3 is 2.07 bits per heavy atom. The molecule has 3 aliphatic rings. The Balaban J connectivity index is 1.42. The van der Waals surface area contributed by atoms with Crippen LogP contribution >= 0.6 is 0 Å². The first-order valence-corrected chi connectivity index (χ1v) is 10.8. The monoisotopic (exact) mass is 388 g/mol. The second kappa shape index (κ2) is 7.33. The van der Waals surface area contributed by atoms with Crippen molar-refractivity contribution in [3.8, 4) is 0 Å². The van der Waals surface area contributed by atoms with Crippen molar-refractivity contribution in [2.75, 3.05) is 19.6 Å². The van der Waals surface area contributed by atoms with E-state index in [0.717, 1.165) is 25.8 Å². The van der Waals surface area contributed by atoms with Gasteiger partial charge in [-0.1, -0.05) is 60.7 Å².